The molecular formula is C10H8BrN3O3. The molecule has 1 aromatic carbocycles. The number of carbonyl (C=O) groups is 1. The third-order valence-electron chi connectivity index (χ3n) is 2.04. The Morgan fingerprint density at radius 3 is 2.94 bits per heavy atom. The largest absolute Gasteiger partial charge is 0.481 e. The summed E-state index contributed by atoms with van der Waals surface area (Å²) >= 11 is 3.28. The second kappa shape index (κ2) is 4.54. The van der Waals surface area contributed by atoms with Crippen molar-refractivity contribution in [1.82, 2.24) is 14.8 Å². The van der Waals surface area contributed by atoms with E-state index in [0.717, 1.165) is 9.15 Å². The fraction of sp³-hybridized carbons (Fsp3) is 0.100. The predicted octanol–water partition coefficient (Wildman–Crippen LogP) is 0.950. The van der Waals surface area contributed by atoms with Gasteiger partial charge >= 0.3 is 11.7 Å². The average molecular weight is 298 g/mol. The molecule has 2 aromatic rings. The molecule has 0 spiro atoms. The Bertz CT molecular complexity index is 617. The first kappa shape index (κ1) is 11.6. The van der Waals surface area contributed by atoms with Crippen molar-refractivity contribution < 1.29 is 9.90 Å². The first-order valence-corrected chi connectivity index (χ1v) is 5.51. The molecule has 0 saturated heterocycles. The van der Waals surface area contributed by atoms with E-state index in [4.69, 9.17) is 5.11 Å². The van der Waals surface area contributed by atoms with Crippen molar-refractivity contribution in [2.45, 2.75) is 6.42 Å². The van der Waals surface area contributed by atoms with E-state index in [2.05, 4.69) is 26.0 Å². The Morgan fingerprint density at radius 1 is 1.53 bits per heavy atom. The summed E-state index contributed by atoms with van der Waals surface area (Å²) in [6.07, 6.45) is -0.309. The summed E-state index contributed by atoms with van der Waals surface area (Å²) in [5.74, 6) is -0.914. The van der Waals surface area contributed by atoms with Crippen LogP contribution in [-0.2, 0) is 11.2 Å². The summed E-state index contributed by atoms with van der Waals surface area (Å²) in [4.78, 5) is 24.5. The minimum Gasteiger partial charge on any atom is -0.481 e. The van der Waals surface area contributed by atoms with Gasteiger partial charge in [0.1, 0.15) is 12.2 Å². The number of hydrogen-bond acceptors (Lipinski definition) is 3. The quantitative estimate of drug-likeness (QED) is 0.883. The fourth-order valence-electron chi connectivity index (χ4n) is 1.37. The number of hydrogen-bond donors (Lipinski definition) is 2. The van der Waals surface area contributed by atoms with E-state index in [1.165, 1.54) is 0 Å². The third-order valence-corrected chi connectivity index (χ3v) is 2.53. The molecule has 7 heteroatoms. The van der Waals surface area contributed by atoms with Crippen molar-refractivity contribution in [3.05, 3.63) is 45.0 Å². The van der Waals surface area contributed by atoms with Crippen molar-refractivity contribution in [2.24, 2.45) is 0 Å². The number of nitrogens with zero attached hydrogens (tertiary/aromatic N) is 2. The van der Waals surface area contributed by atoms with Gasteiger partial charge in [0.25, 0.3) is 0 Å². The molecule has 17 heavy (non-hydrogen) atoms. The lowest BCUT2D eigenvalue weighted by Crippen LogP contribution is -2.15. The number of carboxylic acids is 1. The van der Waals surface area contributed by atoms with Gasteiger partial charge in [0.2, 0.25) is 0 Å². The average Bonchev–Trinajstić information content (AvgIpc) is 2.58. The van der Waals surface area contributed by atoms with E-state index in [-0.39, 0.29) is 12.2 Å². The summed E-state index contributed by atoms with van der Waals surface area (Å²) in [7, 11) is 0. The number of aliphatic carboxylic acids is 1. The fourth-order valence-corrected chi connectivity index (χ4v) is 1.76. The summed E-state index contributed by atoms with van der Waals surface area (Å²) < 4.78 is 1.94. The van der Waals surface area contributed by atoms with Crippen molar-refractivity contribution in [3.8, 4) is 5.69 Å². The van der Waals surface area contributed by atoms with Crippen LogP contribution in [0.15, 0.2) is 33.5 Å². The Morgan fingerprint density at radius 2 is 2.29 bits per heavy atom. The molecule has 0 atom stereocenters. The lowest BCUT2D eigenvalue weighted by molar-refractivity contribution is -0.136. The molecule has 0 aliphatic heterocycles. The zero-order chi connectivity index (χ0) is 12.4. The van der Waals surface area contributed by atoms with Crippen molar-refractivity contribution in [3.63, 3.8) is 0 Å². The standard InChI is InChI=1S/C10H8BrN3O3/c11-6-2-1-3-7(4-6)14-10(17)12-8(13-14)5-9(15)16/h1-4H,5H2,(H,15,16)(H,12,13,17). The van der Waals surface area contributed by atoms with Crippen LogP contribution >= 0.6 is 15.9 Å². The topological polar surface area (TPSA) is 88.0 Å². The van der Waals surface area contributed by atoms with Crippen LogP contribution in [0, 0.1) is 0 Å². The second-order valence-electron chi connectivity index (χ2n) is 3.34. The molecule has 0 radical (unpaired) electrons. The van der Waals surface area contributed by atoms with Crippen molar-refractivity contribution >= 4 is 21.9 Å². The summed E-state index contributed by atoms with van der Waals surface area (Å²) in [5.41, 5.74) is 0.108. The Kier molecular flexibility index (Phi) is 3.10. The number of benzene rings is 1. The highest BCUT2D eigenvalue weighted by Crippen LogP contribution is 2.13. The first-order chi connectivity index (χ1) is 8.06. The third kappa shape index (κ3) is 2.62. The number of nitrogens with one attached hydrogen (secondary N) is 1. The summed E-state index contributed by atoms with van der Waals surface area (Å²) in [5, 5.41) is 12.5. The summed E-state index contributed by atoms with van der Waals surface area (Å²) in [6.45, 7) is 0. The van der Waals surface area contributed by atoms with Crippen LogP contribution in [0.5, 0.6) is 0 Å². The van der Waals surface area contributed by atoms with Gasteiger partial charge in [-0.1, -0.05) is 22.0 Å². The van der Waals surface area contributed by atoms with Gasteiger partial charge in [-0.05, 0) is 18.2 Å². The van der Waals surface area contributed by atoms with Crippen molar-refractivity contribution in [2.75, 3.05) is 0 Å². The molecule has 0 amide bonds. The minimum atomic E-state index is -1.04. The van der Waals surface area contributed by atoms with E-state index < -0.39 is 11.7 Å². The van der Waals surface area contributed by atoms with Gasteiger partial charge in [0, 0.05) is 4.47 Å². The Balaban J connectivity index is 2.43. The monoisotopic (exact) mass is 297 g/mol. The number of H-pyrrole nitrogens is 1. The zero-order valence-corrected chi connectivity index (χ0v) is 10.1. The van der Waals surface area contributed by atoms with Crippen LogP contribution in [0.4, 0.5) is 0 Å². The molecule has 1 aromatic heterocycles. The van der Waals surface area contributed by atoms with Gasteiger partial charge in [0.15, 0.2) is 0 Å². The van der Waals surface area contributed by atoms with E-state index in [9.17, 15) is 9.59 Å². The SMILES string of the molecule is O=C(O)Cc1nn(-c2cccc(Br)c2)c(=O)[nH]1. The molecule has 0 fully saturated rings. The maximum atomic E-state index is 11.6. The molecule has 0 aliphatic carbocycles. The van der Waals surface area contributed by atoms with Crippen molar-refractivity contribution in [1.29, 1.82) is 0 Å². The van der Waals surface area contributed by atoms with Gasteiger partial charge in [-0.2, -0.15) is 4.68 Å². The van der Waals surface area contributed by atoms with Gasteiger partial charge in [-0.15, -0.1) is 5.10 Å². The van der Waals surface area contributed by atoms with E-state index in [1.807, 2.05) is 6.07 Å². The van der Waals surface area contributed by atoms with Crippen LogP contribution in [0.1, 0.15) is 5.82 Å². The Hall–Kier alpha value is -1.89. The smallest absolute Gasteiger partial charge is 0.348 e. The molecule has 0 bridgehead atoms. The first-order valence-electron chi connectivity index (χ1n) is 4.72. The molecule has 88 valence electrons. The highest BCUT2D eigenvalue weighted by atomic mass is 79.9. The molecule has 2 N–H and O–H groups in total. The van der Waals surface area contributed by atoms with Crippen LogP contribution in [0.25, 0.3) is 5.69 Å². The normalized spacial score (nSPS) is 10.4. The second-order valence-corrected chi connectivity index (χ2v) is 4.25. The molecular weight excluding hydrogens is 290 g/mol. The van der Waals surface area contributed by atoms with Gasteiger partial charge < -0.3 is 5.11 Å². The van der Waals surface area contributed by atoms with Crippen LogP contribution in [-0.4, -0.2) is 25.8 Å². The maximum absolute atomic E-state index is 11.6. The molecule has 6 nitrogen and oxygen atoms in total. The molecule has 0 aliphatic rings. The maximum Gasteiger partial charge on any atom is 0.348 e. The number of aromatic nitrogens is 3. The predicted molar refractivity (Wildman–Crippen MR) is 63.2 cm³/mol. The van der Waals surface area contributed by atoms with Gasteiger partial charge in [-0.3, -0.25) is 9.78 Å². The number of rotatable bonds is 3. The van der Waals surface area contributed by atoms with E-state index >= 15 is 0 Å². The molecule has 0 unspecified atom stereocenters. The van der Waals surface area contributed by atoms with E-state index in [0.29, 0.717) is 5.69 Å². The number of aromatic amines is 1. The lowest BCUT2D eigenvalue weighted by atomic mass is 10.3. The van der Waals surface area contributed by atoms with Crippen LogP contribution in [0.2, 0.25) is 0 Å². The van der Waals surface area contributed by atoms with Gasteiger partial charge in [0.05, 0.1) is 5.69 Å². The zero-order valence-electron chi connectivity index (χ0n) is 8.55. The van der Waals surface area contributed by atoms with E-state index in [1.54, 1.807) is 18.2 Å². The molecule has 1 heterocycles. The molecule has 2 rings (SSSR count). The highest BCUT2D eigenvalue weighted by Gasteiger charge is 2.09. The lowest BCUT2D eigenvalue weighted by Gasteiger charge is -1.98. The minimum absolute atomic E-state index is 0.127. The van der Waals surface area contributed by atoms with Crippen LogP contribution in [0.3, 0.4) is 0 Å². The number of halogens is 1. The van der Waals surface area contributed by atoms with Crippen LogP contribution < -0.4 is 5.69 Å². The molecule has 0 saturated carbocycles. The summed E-state index contributed by atoms with van der Waals surface area (Å²) in [6, 6.07) is 7.00. The van der Waals surface area contributed by atoms with Gasteiger partial charge in [-0.25, -0.2) is 4.79 Å². The number of carboxylic acid groups (broad SMARTS) is 1. The highest BCUT2D eigenvalue weighted by molar-refractivity contribution is 9.10. The Labute approximate surface area is 104 Å².